The number of rotatable bonds is 3. The van der Waals surface area contributed by atoms with Gasteiger partial charge in [-0.25, -0.2) is 13.6 Å². The van der Waals surface area contributed by atoms with Crippen LogP contribution in [0.3, 0.4) is 0 Å². The highest BCUT2D eigenvalue weighted by molar-refractivity contribution is 5.87. The van der Waals surface area contributed by atoms with Crippen LogP contribution in [-0.2, 0) is 7.05 Å². The number of carbonyl (C=O) groups is 1. The van der Waals surface area contributed by atoms with E-state index in [0.717, 1.165) is 17.9 Å². The lowest BCUT2D eigenvalue weighted by molar-refractivity contribution is 0.0689. The van der Waals surface area contributed by atoms with E-state index in [2.05, 4.69) is 9.84 Å². The van der Waals surface area contributed by atoms with Crippen molar-refractivity contribution in [1.29, 1.82) is 0 Å². The van der Waals surface area contributed by atoms with Crippen LogP contribution in [0.1, 0.15) is 10.5 Å². The molecule has 2 aromatic rings. The first kappa shape index (κ1) is 13.9. The second-order valence-electron chi connectivity index (χ2n) is 3.91. The zero-order chi connectivity index (χ0) is 15.0. The Balaban J connectivity index is 2.70. The Hall–Kier alpha value is -2.51. The summed E-state index contributed by atoms with van der Waals surface area (Å²) in [5.41, 5.74) is -0.703. The van der Waals surface area contributed by atoms with E-state index in [1.54, 1.807) is 0 Å². The number of nitrogens with zero attached hydrogens (tertiary/aromatic N) is 2. The molecule has 0 fully saturated rings. The van der Waals surface area contributed by atoms with Crippen LogP contribution in [0, 0.1) is 17.5 Å². The molecule has 1 heterocycles. The average molecular weight is 286 g/mol. The number of hydrogen-bond acceptors (Lipinski definition) is 3. The molecule has 1 aromatic carbocycles. The molecule has 0 unspecified atom stereocenters. The van der Waals surface area contributed by atoms with E-state index in [1.165, 1.54) is 7.05 Å². The summed E-state index contributed by atoms with van der Waals surface area (Å²) in [5.74, 6) is -6.09. The minimum atomic E-state index is -1.45. The standard InChI is InChI=1S/C12H9F3N2O3/c1-17-8(4-7(16-17)12(18)19)5-3-6(13)10(15)11(20-2)9(5)14/h3-4H,1-2H3,(H,18,19). The third kappa shape index (κ3) is 2.09. The fourth-order valence-corrected chi connectivity index (χ4v) is 1.77. The molecule has 0 aliphatic rings. The summed E-state index contributed by atoms with van der Waals surface area (Å²) in [5, 5.41) is 12.4. The average Bonchev–Trinajstić information content (AvgIpc) is 2.77. The molecule has 0 amide bonds. The number of aromatic nitrogens is 2. The number of carboxylic acids is 1. The monoisotopic (exact) mass is 286 g/mol. The fourth-order valence-electron chi connectivity index (χ4n) is 1.77. The summed E-state index contributed by atoms with van der Waals surface area (Å²) < 4.78 is 46.4. The molecule has 1 aromatic heterocycles. The summed E-state index contributed by atoms with van der Waals surface area (Å²) in [6, 6.07) is 1.67. The van der Waals surface area contributed by atoms with Crippen molar-refractivity contribution < 1.29 is 27.8 Å². The van der Waals surface area contributed by atoms with Crippen LogP contribution in [0.2, 0.25) is 0 Å². The second-order valence-corrected chi connectivity index (χ2v) is 3.91. The van der Waals surface area contributed by atoms with Crippen LogP contribution in [-0.4, -0.2) is 28.0 Å². The summed E-state index contributed by atoms with van der Waals surface area (Å²) >= 11 is 0. The minimum absolute atomic E-state index is 0.0166. The molecule has 106 valence electrons. The van der Waals surface area contributed by atoms with Crippen LogP contribution in [0.25, 0.3) is 11.3 Å². The van der Waals surface area contributed by atoms with Crippen molar-refractivity contribution in [2.24, 2.45) is 7.05 Å². The Morgan fingerprint density at radius 1 is 1.30 bits per heavy atom. The molecule has 0 aliphatic carbocycles. The molecule has 0 spiro atoms. The number of halogens is 3. The van der Waals surface area contributed by atoms with Crippen molar-refractivity contribution in [3.8, 4) is 17.0 Å². The van der Waals surface area contributed by atoms with Gasteiger partial charge in [0.1, 0.15) is 0 Å². The van der Waals surface area contributed by atoms with E-state index in [9.17, 15) is 18.0 Å². The van der Waals surface area contributed by atoms with Gasteiger partial charge in [0.25, 0.3) is 0 Å². The van der Waals surface area contributed by atoms with Gasteiger partial charge in [-0.2, -0.15) is 9.49 Å². The highest BCUT2D eigenvalue weighted by atomic mass is 19.2. The van der Waals surface area contributed by atoms with Crippen LogP contribution in [0.15, 0.2) is 12.1 Å². The van der Waals surface area contributed by atoms with Crippen molar-refractivity contribution in [3.63, 3.8) is 0 Å². The van der Waals surface area contributed by atoms with Gasteiger partial charge >= 0.3 is 5.97 Å². The summed E-state index contributed by atoms with van der Waals surface area (Å²) in [6.45, 7) is 0. The predicted octanol–water partition coefficient (Wildman–Crippen LogP) is 2.21. The van der Waals surface area contributed by atoms with Gasteiger partial charge in [-0.3, -0.25) is 4.68 Å². The van der Waals surface area contributed by atoms with Gasteiger partial charge in [-0.15, -0.1) is 0 Å². The number of benzene rings is 1. The lowest BCUT2D eigenvalue weighted by atomic mass is 10.1. The van der Waals surface area contributed by atoms with Gasteiger partial charge in [0, 0.05) is 12.6 Å². The molecule has 0 saturated heterocycles. The summed E-state index contributed by atoms with van der Waals surface area (Å²) in [7, 11) is 2.35. The normalized spacial score (nSPS) is 10.7. The molecule has 2 rings (SSSR count). The van der Waals surface area contributed by atoms with Crippen LogP contribution < -0.4 is 4.74 Å². The highest BCUT2D eigenvalue weighted by Gasteiger charge is 2.23. The number of aromatic carboxylic acids is 1. The number of hydrogen-bond donors (Lipinski definition) is 1. The Kier molecular flexibility index (Phi) is 3.39. The zero-order valence-electron chi connectivity index (χ0n) is 10.4. The van der Waals surface area contributed by atoms with E-state index < -0.39 is 29.2 Å². The first-order valence-corrected chi connectivity index (χ1v) is 5.36. The van der Waals surface area contributed by atoms with Crippen molar-refractivity contribution in [3.05, 3.63) is 35.3 Å². The van der Waals surface area contributed by atoms with Crippen LogP contribution in [0.5, 0.6) is 5.75 Å². The lowest BCUT2D eigenvalue weighted by Crippen LogP contribution is -2.02. The van der Waals surface area contributed by atoms with Gasteiger partial charge in [0.2, 0.25) is 5.82 Å². The Bertz CT molecular complexity index is 698. The van der Waals surface area contributed by atoms with Crippen molar-refractivity contribution in [2.45, 2.75) is 0 Å². The van der Waals surface area contributed by atoms with E-state index in [1.807, 2.05) is 0 Å². The molecule has 20 heavy (non-hydrogen) atoms. The van der Waals surface area contributed by atoms with E-state index in [-0.39, 0.29) is 17.0 Å². The minimum Gasteiger partial charge on any atom is -0.491 e. The Morgan fingerprint density at radius 3 is 2.45 bits per heavy atom. The van der Waals surface area contributed by atoms with Crippen molar-refractivity contribution >= 4 is 5.97 Å². The molecule has 0 aliphatic heterocycles. The smallest absolute Gasteiger partial charge is 0.356 e. The highest BCUT2D eigenvalue weighted by Crippen LogP contribution is 2.33. The molecule has 0 atom stereocenters. The maximum Gasteiger partial charge on any atom is 0.356 e. The summed E-state index contributed by atoms with van der Waals surface area (Å²) in [4.78, 5) is 10.8. The lowest BCUT2D eigenvalue weighted by Gasteiger charge is -2.09. The van der Waals surface area contributed by atoms with Crippen LogP contribution in [0.4, 0.5) is 13.2 Å². The molecule has 0 bridgehead atoms. The quantitative estimate of drug-likeness (QED) is 0.879. The molecular formula is C12H9F3N2O3. The Morgan fingerprint density at radius 2 is 1.95 bits per heavy atom. The number of aryl methyl sites for hydroxylation is 1. The maximum atomic E-state index is 14.1. The zero-order valence-corrected chi connectivity index (χ0v) is 10.4. The third-order valence-corrected chi connectivity index (χ3v) is 2.69. The molecular weight excluding hydrogens is 277 g/mol. The summed E-state index contributed by atoms with van der Waals surface area (Å²) in [6.07, 6.45) is 0. The van der Waals surface area contributed by atoms with Crippen LogP contribution >= 0.6 is 0 Å². The largest absolute Gasteiger partial charge is 0.491 e. The number of methoxy groups -OCH3 is 1. The van der Waals surface area contributed by atoms with Gasteiger partial charge in [-0.1, -0.05) is 0 Å². The topological polar surface area (TPSA) is 64.3 Å². The molecule has 0 saturated carbocycles. The first-order chi connectivity index (χ1) is 9.36. The van der Waals surface area contributed by atoms with E-state index in [4.69, 9.17) is 5.11 Å². The van der Waals surface area contributed by atoms with Crippen molar-refractivity contribution in [2.75, 3.05) is 7.11 Å². The molecule has 0 radical (unpaired) electrons. The van der Waals surface area contributed by atoms with E-state index in [0.29, 0.717) is 6.07 Å². The SMILES string of the molecule is COc1c(F)c(F)cc(-c2cc(C(=O)O)nn2C)c1F. The third-order valence-electron chi connectivity index (χ3n) is 2.69. The number of ether oxygens (including phenoxy) is 1. The van der Waals surface area contributed by atoms with Gasteiger partial charge < -0.3 is 9.84 Å². The van der Waals surface area contributed by atoms with Crippen molar-refractivity contribution in [1.82, 2.24) is 9.78 Å². The van der Waals surface area contributed by atoms with E-state index >= 15 is 0 Å². The number of carboxylic acid groups (broad SMARTS) is 1. The Labute approximate surface area is 111 Å². The van der Waals surface area contributed by atoms with Gasteiger partial charge in [0.05, 0.1) is 12.8 Å². The molecule has 1 N–H and O–H groups in total. The predicted molar refractivity (Wildman–Crippen MR) is 62.0 cm³/mol. The molecule has 8 heteroatoms. The fraction of sp³-hybridized carbons (Fsp3) is 0.167. The van der Waals surface area contributed by atoms with Gasteiger partial charge in [0.15, 0.2) is 23.1 Å². The first-order valence-electron chi connectivity index (χ1n) is 5.36. The van der Waals surface area contributed by atoms with Gasteiger partial charge in [-0.05, 0) is 12.1 Å². The maximum absolute atomic E-state index is 14.1. The molecule has 5 nitrogen and oxygen atoms in total. The second kappa shape index (κ2) is 4.87.